The van der Waals surface area contributed by atoms with Crippen LogP contribution >= 0.6 is 0 Å². The first kappa shape index (κ1) is 21.8. The largest absolute Gasteiger partial charge is 0.490 e. The molecule has 0 atom stereocenters. The van der Waals surface area contributed by atoms with Gasteiger partial charge in [0.2, 0.25) is 5.91 Å². The Bertz CT molecular complexity index is 908. The number of aryl methyl sites for hydroxylation is 2. The summed E-state index contributed by atoms with van der Waals surface area (Å²) in [6, 6.07) is 10.1. The zero-order valence-electron chi connectivity index (χ0n) is 17.9. The number of carbonyl (C=O) groups is 1. The highest BCUT2D eigenvalue weighted by Crippen LogP contribution is 2.37. The second-order valence-electron chi connectivity index (χ2n) is 8.06. The van der Waals surface area contributed by atoms with Gasteiger partial charge < -0.3 is 14.8 Å². The zero-order valence-corrected chi connectivity index (χ0v) is 17.9. The number of anilines is 1. The van der Waals surface area contributed by atoms with Gasteiger partial charge in [0, 0.05) is 31.0 Å². The molecule has 3 rings (SSSR count). The van der Waals surface area contributed by atoms with Gasteiger partial charge in [0.25, 0.3) is 5.69 Å². The van der Waals surface area contributed by atoms with Crippen molar-refractivity contribution in [1.29, 1.82) is 0 Å². The Morgan fingerprint density at radius 2 is 1.70 bits per heavy atom. The van der Waals surface area contributed by atoms with Crippen molar-refractivity contribution in [1.82, 2.24) is 0 Å². The molecule has 0 radical (unpaired) electrons. The number of nitro benzene ring substituents is 1. The molecule has 1 N–H and O–H groups in total. The summed E-state index contributed by atoms with van der Waals surface area (Å²) in [5.74, 6) is 0.704. The number of rotatable bonds is 6. The first-order valence-corrected chi connectivity index (χ1v) is 10.1. The number of carbonyl (C=O) groups excluding carboxylic acids is 1. The lowest BCUT2D eigenvalue weighted by Crippen LogP contribution is -2.44. The third-order valence-electron chi connectivity index (χ3n) is 5.48. The summed E-state index contributed by atoms with van der Waals surface area (Å²) >= 11 is 0. The first-order chi connectivity index (χ1) is 14.2. The van der Waals surface area contributed by atoms with E-state index in [1.807, 2.05) is 39.8 Å². The summed E-state index contributed by atoms with van der Waals surface area (Å²) in [7, 11) is 0. The highest BCUT2D eigenvalue weighted by Gasteiger charge is 2.42. The van der Waals surface area contributed by atoms with E-state index in [2.05, 4.69) is 5.32 Å². The van der Waals surface area contributed by atoms with Gasteiger partial charge in [-0.25, -0.2) is 0 Å². The lowest BCUT2D eigenvalue weighted by Gasteiger charge is -2.36. The molecule has 2 aromatic carbocycles. The van der Waals surface area contributed by atoms with Crippen LogP contribution < -0.4 is 10.1 Å². The van der Waals surface area contributed by atoms with E-state index in [1.165, 1.54) is 12.1 Å². The molecule has 0 saturated carbocycles. The van der Waals surface area contributed by atoms with Crippen LogP contribution in [0.3, 0.4) is 0 Å². The molecule has 1 fully saturated rings. The van der Waals surface area contributed by atoms with Gasteiger partial charge >= 0.3 is 0 Å². The molecule has 7 heteroatoms. The number of nitrogens with one attached hydrogen (secondary N) is 1. The predicted octanol–water partition coefficient (Wildman–Crippen LogP) is 4.69. The lowest BCUT2D eigenvalue weighted by atomic mass is 9.73. The number of nitrogens with zero attached hydrogens (tertiary/aromatic N) is 1. The van der Waals surface area contributed by atoms with Gasteiger partial charge in [-0.3, -0.25) is 14.9 Å². The van der Waals surface area contributed by atoms with Gasteiger partial charge in [-0.1, -0.05) is 12.1 Å². The second kappa shape index (κ2) is 8.83. The quantitative estimate of drug-likeness (QED) is 0.549. The van der Waals surface area contributed by atoms with Crippen LogP contribution in [0.2, 0.25) is 0 Å². The molecule has 160 valence electrons. The maximum Gasteiger partial charge on any atom is 0.269 e. The van der Waals surface area contributed by atoms with E-state index in [9.17, 15) is 14.9 Å². The Balaban J connectivity index is 1.90. The van der Waals surface area contributed by atoms with Crippen molar-refractivity contribution < 1.29 is 19.2 Å². The van der Waals surface area contributed by atoms with E-state index in [0.717, 1.165) is 22.4 Å². The Hall–Kier alpha value is -2.93. The van der Waals surface area contributed by atoms with Crippen molar-refractivity contribution in [3.8, 4) is 5.75 Å². The Morgan fingerprint density at radius 1 is 1.13 bits per heavy atom. The van der Waals surface area contributed by atoms with Gasteiger partial charge in [0.05, 0.1) is 16.4 Å². The molecule has 1 saturated heterocycles. The molecule has 0 unspecified atom stereocenters. The highest BCUT2D eigenvalue weighted by atomic mass is 16.6. The molecule has 2 aromatic rings. The first-order valence-electron chi connectivity index (χ1n) is 10.1. The van der Waals surface area contributed by atoms with Gasteiger partial charge in [-0.15, -0.1) is 0 Å². The van der Waals surface area contributed by atoms with Gasteiger partial charge in [-0.05, 0) is 69.4 Å². The van der Waals surface area contributed by atoms with Crippen LogP contribution in [0.4, 0.5) is 11.4 Å². The number of amides is 1. The number of benzene rings is 2. The molecule has 1 aliphatic rings. The fourth-order valence-corrected chi connectivity index (χ4v) is 3.96. The van der Waals surface area contributed by atoms with Crippen LogP contribution in [0.1, 0.15) is 43.4 Å². The average Bonchev–Trinajstić information content (AvgIpc) is 2.71. The number of hydrogen-bond donors (Lipinski definition) is 1. The zero-order chi connectivity index (χ0) is 21.9. The molecule has 0 bridgehead atoms. The number of ether oxygens (including phenoxy) is 2. The molecule has 0 aliphatic carbocycles. The molecule has 1 amide bonds. The summed E-state index contributed by atoms with van der Waals surface area (Å²) in [6.45, 7) is 8.80. The summed E-state index contributed by atoms with van der Waals surface area (Å²) in [6.07, 6.45) is 1.10. The molecule has 1 aliphatic heterocycles. The molecule has 1 heterocycles. The molecular formula is C23H28N2O5. The van der Waals surface area contributed by atoms with E-state index >= 15 is 0 Å². The molecule has 30 heavy (non-hydrogen) atoms. The van der Waals surface area contributed by atoms with E-state index in [1.54, 1.807) is 12.1 Å². The van der Waals surface area contributed by atoms with Crippen LogP contribution in [-0.2, 0) is 14.9 Å². The van der Waals surface area contributed by atoms with Crippen molar-refractivity contribution in [2.45, 2.75) is 52.1 Å². The summed E-state index contributed by atoms with van der Waals surface area (Å²) in [5.41, 5.74) is 2.60. The summed E-state index contributed by atoms with van der Waals surface area (Å²) in [5, 5.41) is 14.1. The fourth-order valence-electron chi connectivity index (χ4n) is 3.96. The van der Waals surface area contributed by atoms with Crippen LogP contribution in [0.15, 0.2) is 36.4 Å². The Kier molecular flexibility index (Phi) is 6.41. The maximum atomic E-state index is 13.5. The van der Waals surface area contributed by atoms with Crippen LogP contribution in [0.5, 0.6) is 5.75 Å². The van der Waals surface area contributed by atoms with Crippen molar-refractivity contribution >= 4 is 17.3 Å². The molecule has 0 spiro atoms. The third-order valence-corrected chi connectivity index (χ3v) is 5.48. The SMILES string of the molecule is Cc1cc(NC(=O)C2(c3ccc([N+](=O)[O-])cc3)CCOCC2)cc(C)c1OC(C)C. The van der Waals surface area contributed by atoms with Crippen molar-refractivity contribution in [3.63, 3.8) is 0 Å². The van der Waals surface area contributed by atoms with Crippen LogP contribution in [0, 0.1) is 24.0 Å². The second-order valence-corrected chi connectivity index (χ2v) is 8.06. The van der Waals surface area contributed by atoms with Crippen LogP contribution in [-0.4, -0.2) is 30.1 Å². The monoisotopic (exact) mass is 412 g/mol. The Morgan fingerprint density at radius 3 is 2.20 bits per heavy atom. The normalized spacial score (nSPS) is 15.6. The smallest absolute Gasteiger partial charge is 0.269 e. The lowest BCUT2D eigenvalue weighted by molar-refractivity contribution is -0.384. The minimum atomic E-state index is -0.789. The summed E-state index contributed by atoms with van der Waals surface area (Å²) < 4.78 is 11.4. The molecule has 7 nitrogen and oxygen atoms in total. The summed E-state index contributed by atoms with van der Waals surface area (Å²) in [4.78, 5) is 24.0. The minimum Gasteiger partial charge on any atom is -0.490 e. The fraction of sp³-hybridized carbons (Fsp3) is 0.435. The standard InChI is InChI=1S/C23H28N2O5/c1-15(2)30-21-16(3)13-19(14-17(21)4)24-22(26)23(9-11-29-12-10-23)18-5-7-20(8-6-18)25(27)28/h5-8,13-15H,9-12H2,1-4H3,(H,24,26). The number of hydrogen-bond acceptors (Lipinski definition) is 5. The maximum absolute atomic E-state index is 13.5. The average molecular weight is 412 g/mol. The van der Waals surface area contributed by atoms with Gasteiger partial charge in [0.15, 0.2) is 0 Å². The number of non-ortho nitro benzene ring substituents is 1. The number of nitro groups is 1. The van der Waals surface area contributed by atoms with Gasteiger partial charge in [-0.2, -0.15) is 0 Å². The van der Waals surface area contributed by atoms with E-state index in [0.29, 0.717) is 31.7 Å². The Labute approximate surface area is 176 Å². The van der Waals surface area contributed by atoms with E-state index < -0.39 is 10.3 Å². The predicted molar refractivity (Wildman–Crippen MR) is 115 cm³/mol. The van der Waals surface area contributed by atoms with Crippen molar-refractivity contribution in [2.24, 2.45) is 0 Å². The van der Waals surface area contributed by atoms with Crippen molar-refractivity contribution in [3.05, 3.63) is 63.2 Å². The third kappa shape index (κ3) is 4.46. The molecular weight excluding hydrogens is 384 g/mol. The van der Waals surface area contributed by atoms with Crippen LogP contribution in [0.25, 0.3) is 0 Å². The van der Waals surface area contributed by atoms with E-state index in [4.69, 9.17) is 9.47 Å². The van der Waals surface area contributed by atoms with Crippen molar-refractivity contribution in [2.75, 3.05) is 18.5 Å². The highest BCUT2D eigenvalue weighted by molar-refractivity contribution is 5.99. The van der Waals surface area contributed by atoms with E-state index in [-0.39, 0.29) is 17.7 Å². The van der Waals surface area contributed by atoms with Gasteiger partial charge in [0.1, 0.15) is 5.75 Å². The minimum absolute atomic E-state index is 0.00774. The topological polar surface area (TPSA) is 90.7 Å². The molecule has 0 aromatic heterocycles.